The summed E-state index contributed by atoms with van der Waals surface area (Å²) in [5.74, 6) is 0.906. The number of hydrogen-bond acceptors (Lipinski definition) is 3. The Hall–Kier alpha value is -0.480. The van der Waals surface area contributed by atoms with Gasteiger partial charge in [0.05, 0.1) is 7.11 Å². The number of nitrogens with one attached hydrogen (secondary N) is 1. The summed E-state index contributed by atoms with van der Waals surface area (Å²) < 4.78 is 5.33. The van der Waals surface area contributed by atoms with E-state index < -0.39 is 0 Å². The van der Waals surface area contributed by atoms with E-state index in [-0.39, 0.29) is 12.4 Å². The van der Waals surface area contributed by atoms with Gasteiger partial charge in [0.1, 0.15) is 5.75 Å². The standard InChI is InChI=1S/C12H17ClN2O.ClH/c1-15(11-6-14-7-11)8-9-5-10(13)3-4-12(9)16-2;/h3-5,11,14H,6-8H2,1-2H3;1H. The maximum Gasteiger partial charge on any atom is 0.123 e. The van der Waals surface area contributed by atoms with Crippen molar-refractivity contribution in [3.8, 4) is 5.75 Å². The highest BCUT2D eigenvalue weighted by atomic mass is 35.5. The summed E-state index contributed by atoms with van der Waals surface area (Å²) in [6.45, 7) is 3.01. The van der Waals surface area contributed by atoms with E-state index in [1.165, 1.54) is 0 Å². The molecule has 3 nitrogen and oxygen atoms in total. The molecule has 0 radical (unpaired) electrons. The summed E-state index contributed by atoms with van der Waals surface area (Å²) in [5, 5.41) is 4.03. The second-order valence-corrected chi connectivity index (χ2v) is 4.62. The van der Waals surface area contributed by atoms with E-state index in [4.69, 9.17) is 16.3 Å². The highest BCUT2D eigenvalue weighted by Crippen LogP contribution is 2.24. The first-order chi connectivity index (χ1) is 7.70. The highest BCUT2D eigenvalue weighted by molar-refractivity contribution is 6.30. The number of nitrogens with zero attached hydrogens (tertiary/aromatic N) is 1. The topological polar surface area (TPSA) is 24.5 Å². The molecule has 1 aromatic rings. The fraction of sp³-hybridized carbons (Fsp3) is 0.500. The lowest BCUT2D eigenvalue weighted by molar-refractivity contribution is 0.171. The smallest absolute Gasteiger partial charge is 0.123 e. The van der Waals surface area contributed by atoms with Gasteiger partial charge in [-0.05, 0) is 25.2 Å². The Morgan fingerprint density at radius 3 is 2.71 bits per heavy atom. The number of ether oxygens (including phenoxy) is 1. The minimum absolute atomic E-state index is 0. The zero-order chi connectivity index (χ0) is 11.5. The van der Waals surface area contributed by atoms with Gasteiger partial charge >= 0.3 is 0 Å². The number of methoxy groups -OCH3 is 1. The molecule has 2 rings (SSSR count). The Bertz CT molecular complexity index is 370. The summed E-state index contributed by atoms with van der Waals surface area (Å²) in [6.07, 6.45) is 0. The van der Waals surface area contributed by atoms with Crippen molar-refractivity contribution in [1.29, 1.82) is 0 Å². The van der Waals surface area contributed by atoms with E-state index in [0.29, 0.717) is 6.04 Å². The molecule has 1 aliphatic heterocycles. The second kappa shape index (κ2) is 6.45. The van der Waals surface area contributed by atoms with Gasteiger partial charge in [-0.1, -0.05) is 11.6 Å². The van der Waals surface area contributed by atoms with Gasteiger partial charge in [-0.15, -0.1) is 12.4 Å². The molecular formula is C12H18Cl2N2O. The zero-order valence-electron chi connectivity index (χ0n) is 10.1. The third-order valence-corrected chi connectivity index (χ3v) is 3.28. The number of benzene rings is 1. The monoisotopic (exact) mass is 276 g/mol. The van der Waals surface area contributed by atoms with Crippen LogP contribution < -0.4 is 10.1 Å². The van der Waals surface area contributed by atoms with E-state index in [1.54, 1.807) is 7.11 Å². The fourth-order valence-corrected chi connectivity index (χ4v) is 2.05. The van der Waals surface area contributed by atoms with Crippen molar-refractivity contribution in [2.45, 2.75) is 12.6 Å². The third-order valence-electron chi connectivity index (χ3n) is 3.05. The Morgan fingerprint density at radius 1 is 1.47 bits per heavy atom. The number of likely N-dealkylation sites (N-methyl/N-ethyl adjacent to an activating group) is 1. The molecule has 96 valence electrons. The molecule has 0 atom stereocenters. The summed E-state index contributed by atoms with van der Waals surface area (Å²) >= 11 is 6.00. The Morgan fingerprint density at radius 2 is 2.18 bits per heavy atom. The molecule has 5 heteroatoms. The molecular weight excluding hydrogens is 259 g/mol. The van der Waals surface area contributed by atoms with Crippen LogP contribution in [0.3, 0.4) is 0 Å². The lowest BCUT2D eigenvalue weighted by Gasteiger charge is -2.35. The summed E-state index contributed by atoms with van der Waals surface area (Å²) in [4.78, 5) is 2.32. The average Bonchev–Trinajstić information content (AvgIpc) is 2.15. The van der Waals surface area contributed by atoms with Crippen LogP contribution >= 0.6 is 24.0 Å². The predicted molar refractivity (Wildman–Crippen MR) is 73.4 cm³/mol. The second-order valence-electron chi connectivity index (χ2n) is 4.18. The van der Waals surface area contributed by atoms with Gasteiger partial charge in [-0.3, -0.25) is 4.90 Å². The van der Waals surface area contributed by atoms with Crippen LogP contribution in [0.5, 0.6) is 5.75 Å². The quantitative estimate of drug-likeness (QED) is 0.913. The van der Waals surface area contributed by atoms with E-state index in [0.717, 1.165) is 36.0 Å². The molecule has 0 aromatic heterocycles. The Labute approximate surface area is 113 Å². The first-order valence-corrected chi connectivity index (χ1v) is 5.82. The molecule has 17 heavy (non-hydrogen) atoms. The molecule has 0 saturated carbocycles. The van der Waals surface area contributed by atoms with Crippen molar-refractivity contribution < 1.29 is 4.74 Å². The molecule has 0 spiro atoms. The van der Waals surface area contributed by atoms with Crippen molar-refractivity contribution in [3.63, 3.8) is 0 Å². The molecule has 1 aliphatic rings. The van der Waals surface area contributed by atoms with Crippen molar-refractivity contribution in [1.82, 2.24) is 10.2 Å². The maximum atomic E-state index is 6.00. The van der Waals surface area contributed by atoms with Crippen LogP contribution in [-0.2, 0) is 6.54 Å². The summed E-state index contributed by atoms with van der Waals surface area (Å²) in [6, 6.07) is 6.38. The molecule has 1 heterocycles. The maximum absolute atomic E-state index is 6.00. The number of hydrogen-bond donors (Lipinski definition) is 1. The molecule has 1 fully saturated rings. The highest BCUT2D eigenvalue weighted by Gasteiger charge is 2.22. The van der Waals surface area contributed by atoms with Crippen LogP contribution in [0.25, 0.3) is 0 Å². The van der Waals surface area contributed by atoms with Gasteiger partial charge in [0, 0.05) is 36.3 Å². The minimum Gasteiger partial charge on any atom is -0.496 e. The molecule has 1 aromatic carbocycles. The molecule has 0 unspecified atom stereocenters. The van der Waals surface area contributed by atoms with Gasteiger partial charge < -0.3 is 10.1 Å². The lowest BCUT2D eigenvalue weighted by atomic mass is 10.1. The van der Waals surface area contributed by atoms with Crippen molar-refractivity contribution in [2.75, 3.05) is 27.2 Å². The molecule has 1 N–H and O–H groups in total. The van der Waals surface area contributed by atoms with E-state index >= 15 is 0 Å². The molecule has 0 aliphatic carbocycles. The van der Waals surface area contributed by atoms with Crippen LogP contribution in [0.1, 0.15) is 5.56 Å². The Kier molecular flexibility index (Phi) is 5.53. The molecule has 0 bridgehead atoms. The Balaban J connectivity index is 0.00000144. The van der Waals surface area contributed by atoms with Crippen LogP contribution in [0.15, 0.2) is 18.2 Å². The normalized spacial score (nSPS) is 15.3. The minimum atomic E-state index is 0. The number of rotatable bonds is 4. The van der Waals surface area contributed by atoms with Gasteiger partial charge in [0.2, 0.25) is 0 Å². The third kappa shape index (κ3) is 3.49. The van der Waals surface area contributed by atoms with Gasteiger partial charge in [-0.2, -0.15) is 0 Å². The molecule has 0 amide bonds. The van der Waals surface area contributed by atoms with Crippen LogP contribution in [-0.4, -0.2) is 38.2 Å². The predicted octanol–water partition coefficient (Wildman–Crippen LogP) is 2.17. The van der Waals surface area contributed by atoms with Crippen molar-refractivity contribution in [2.24, 2.45) is 0 Å². The first kappa shape index (κ1) is 14.6. The van der Waals surface area contributed by atoms with Crippen LogP contribution in [0, 0.1) is 0 Å². The largest absolute Gasteiger partial charge is 0.496 e. The fourth-order valence-electron chi connectivity index (χ4n) is 1.85. The first-order valence-electron chi connectivity index (χ1n) is 5.44. The molecule has 1 saturated heterocycles. The van der Waals surface area contributed by atoms with E-state index in [1.807, 2.05) is 18.2 Å². The van der Waals surface area contributed by atoms with Gasteiger partial charge in [0.25, 0.3) is 0 Å². The average molecular weight is 277 g/mol. The van der Waals surface area contributed by atoms with Crippen LogP contribution in [0.2, 0.25) is 5.02 Å². The summed E-state index contributed by atoms with van der Waals surface area (Å²) in [5.41, 5.74) is 1.14. The lowest BCUT2D eigenvalue weighted by Crippen LogP contribution is -2.55. The SMILES string of the molecule is COc1ccc(Cl)cc1CN(C)C1CNC1.Cl. The van der Waals surface area contributed by atoms with Gasteiger partial charge in [0.15, 0.2) is 0 Å². The van der Waals surface area contributed by atoms with Gasteiger partial charge in [-0.25, -0.2) is 0 Å². The summed E-state index contributed by atoms with van der Waals surface area (Å²) in [7, 11) is 3.82. The number of halogens is 2. The van der Waals surface area contributed by atoms with E-state index in [2.05, 4.69) is 17.3 Å². The van der Waals surface area contributed by atoms with Crippen LogP contribution in [0.4, 0.5) is 0 Å². The van der Waals surface area contributed by atoms with Crippen molar-refractivity contribution in [3.05, 3.63) is 28.8 Å². The van der Waals surface area contributed by atoms with Crippen molar-refractivity contribution >= 4 is 24.0 Å². The van der Waals surface area contributed by atoms with E-state index in [9.17, 15) is 0 Å². The zero-order valence-corrected chi connectivity index (χ0v) is 11.6.